The number of nitrogens with zero attached hydrogens (tertiary/aromatic N) is 1. The molecule has 1 atom stereocenters. The summed E-state index contributed by atoms with van der Waals surface area (Å²) < 4.78 is 0. The van der Waals surface area contributed by atoms with Crippen LogP contribution in [-0.2, 0) is 0 Å². The van der Waals surface area contributed by atoms with Crippen LogP contribution in [0.3, 0.4) is 0 Å². The molecule has 1 aliphatic rings. The molecule has 0 saturated carbocycles. The Morgan fingerprint density at radius 3 is 2.29 bits per heavy atom. The van der Waals surface area contributed by atoms with Gasteiger partial charge >= 0.3 is 6.03 Å². The highest BCUT2D eigenvalue weighted by Gasteiger charge is 2.21. The van der Waals surface area contributed by atoms with Crippen LogP contribution in [0.5, 0.6) is 0 Å². The van der Waals surface area contributed by atoms with Gasteiger partial charge in [0.1, 0.15) is 0 Å². The minimum atomic E-state index is -0.343. The van der Waals surface area contributed by atoms with Crippen LogP contribution in [0.1, 0.15) is 53.7 Å². The average molecular weight is 457 g/mol. The van der Waals surface area contributed by atoms with Crippen molar-refractivity contribution in [3.8, 4) is 0 Å². The number of hydrogen-bond donors (Lipinski definition) is 3. The molecule has 0 radical (unpaired) electrons. The summed E-state index contributed by atoms with van der Waals surface area (Å²) in [5.74, 6) is -0.153. The van der Waals surface area contributed by atoms with Gasteiger partial charge in [-0.15, -0.1) is 0 Å². The van der Waals surface area contributed by atoms with Crippen molar-refractivity contribution >= 4 is 29.0 Å². The lowest BCUT2D eigenvalue weighted by Gasteiger charge is -2.31. The number of rotatable bonds is 6. The molecule has 1 heterocycles. The van der Waals surface area contributed by atoms with Crippen LogP contribution in [0, 0.1) is 6.92 Å². The van der Waals surface area contributed by atoms with Crippen LogP contribution in [0.2, 0.25) is 0 Å². The van der Waals surface area contributed by atoms with Crippen LogP contribution in [-0.4, -0.2) is 25.0 Å². The number of carbonyl (C=O) groups is 2. The van der Waals surface area contributed by atoms with Gasteiger partial charge in [0, 0.05) is 30.2 Å². The van der Waals surface area contributed by atoms with Gasteiger partial charge < -0.3 is 20.9 Å². The molecular weight excluding hydrogens is 424 g/mol. The standard InChI is InChI=1S/C28H32N4O2/c1-20-11-7-8-14-25(20)31-28(34)30-23-15-16-26(32-17-9-4-10-18-32)24(19-23)27(33)29-21(2)22-12-5-3-6-13-22/h3,5-8,11-16,19,21H,4,9-10,17-18H2,1-2H3,(H,29,33)(H2,30,31,34). The summed E-state index contributed by atoms with van der Waals surface area (Å²) in [6.07, 6.45) is 3.43. The first-order chi connectivity index (χ1) is 16.5. The molecule has 1 aliphatic heterocycles. The van der Waals surface area contributed by atoms with E-state index in [1.807, 2.05) is 80.6 Å². The van der Waals surface area contributed by atoms with E-state index in [9.17, 15) is 9.59 Å². The predicted octanol–water partition coefficient (Wildman–Crippen LogP) is 6.12. The van der Waals surface area contributed by atoms with Crippen molar-refractivity contribution in [2.75, 3.05) is 28.6 Å². The number of piperidine rings is 1. The first kappa shape index (κ1) is 23.4. The Bertz CT molecular complexity index is 1140. The van der Waals surface area contributed by atoms with Crippen molar-refractivity contribution in [1.82, 2.24) is 5.32 Å². The number of hydrogen-bond acceptors (Lipinski definition) is 3. The molecule has 3 aromatic carbocycles. The number of benzene rings is 3. The molecule has 0 spiro atoms. The highest BCUT2D eigenvalue weighted by molar-refractivity contribution is 6.04. The van der Waals surface area contributed by atoms with Crippen LogP contribution in [0.25, 0.3) is 0 Å². The molecule has 4 rings (SSSR count). The van der Waals surface area contributed by atoms with E-state index in [2.05, 4.69) is 20.9 Å². The molecule has 6 heteroatoms. The lowest BCUT2D eigenvalue weighted by Crippen LogP contribution is -2.33. The number of amides is 3. The molecular formula is C28H32N4O2. The van der Waals surface area contributed by atoms with Crippen LogP contribution < -0.4 is 20.9 Å². The van der Waals surface area contributed by atoms with Crippen molar-refractivity contribution in [3.05, 3.63) is 89.5 Å². The van der Waals surface area contributed by atoms with Gasteiger partial charge in [-0.3, -0.25) is 4.79 Å². The van der Waals surface area contributed by atoms with E-state index >= 15 is 0 Å². The summed E-state index contributed by atoms with van der Waals surface area (Å²) in [6.45, 7) is 5.77. The summed E-state index contributed by atoms with van der Waals surface area (Å²) in [5, 5.41) is 8.88. The third-order valence-electron chi connectivity index (χ3n) is 6.24. The van der Waals surface area contributed by atoms with Gasteiger partial charge in [-0.25, -0.2) is 4.79 Å². The number of anilines is 3. The summed E-state index contributed by atoms with van der Waals surface area (Å²) in [6, 6.07) is 22.6. The second-order valence-corrected chi connectivity index (χ2v) is 8.78. The Morgan fingerprint density at radius 2 is 1.56 bits per heavy atom. The number of carbonyl (C=O) groups excluding carboxylic acids is 2. The van der Waals surface area contributed by atoms with E-state index in [-0.39, 0.29) is 18.0 Å². The van der Waals surface area contributed by atoms with Crippen LogP contribution >= 0.6 is 0 Å². The molecule has 3 amide bonds. The largest absolute Gasteiger partial charge is 0.371 e. The zero-order chi connectivity index (χ0) is 23.9. The molecule has 3 N–H and O–H groups in total. The zero-order valence-corrected chi connectivity index (χ0v) is 19.8. The second-order valence-electron chi connectivity index (χ2n) is 8.78. The zero-order valence-electron chi connectivity index (χ0n) is 19.8. The topological polar surface area (TPSA) is 73.5 Å². The van der Waals surface area contributed by atoms with Crippen molar-refractivity contribution in [1.29, 1.82) is 0 Å². The van der Waals surface area contributed by atoms with E-state index in [0.717, 1.165) is 48.4 Å². The summed E-state index contributed by atoms with van der Waals surface area (Å²) in [7, 11) is 0. The maximum atomic E-state index is 13.4. The minimum Gasteiger partial charge on any atom is -0.371 e. The highest BCUT2D eigenvalue weighted by Crippen LogP contribution is 2.28. The molecule has 3 aromatic rings. The Hall–Kier alpha value is -3.80. The normalized spacial score (nSPS) is 14.2. The first-order valence-corrected chi connectivity index (χ1v) is 11.9. The average Bonchev–Trinajstić information content (AvgIpc) is 2.86. The number of para-hydroxylation sites is 1. The number of urea groups is 1. The fraction of sp³-hybridized carbons (Fsp3) is 0.286. The molecule has 176 valence electrons. The molecule has 0 bridgehead atoms. The van der Waals surface area contributed by atoms with E-state index in [0.29, 0.717) is 11.3 Å². The van der Waals surface area contributed by atoms with Crippen LogP contribution in [0.4, 0.5) is 21.9 Å². The van der Waals surface area contributed by atoms with E-state index < -0.39 is 0 Å². The molecule has 1 saturated heterocycles. The Kier molecular flexibility index (Phi) is 7.48. The SMILES string of the molecule is Cc1ccccc1NC(=O)Nc1ccc(N2CCCCC2)c(C(=O)NC(C)c2ccccc2)c1. The first-order valence-electron chi connectivity index (χ1n) is 11.9. The van der Waals surface area contributed by atoms with Crippen molar-refractivity contribution in [3.63, 3.8) is 0 Å². The molecule has 34 heavy (non-hydrogen) atoms. The fourth-order valence-electron chi connectivity index (χ4n) is 4.30. The van der Waals surface area contributed by atoms with Gasteiger partial charge in [0.15, 0.2) is 0 Å². The maximum Gasteiger partial charge on any atom is 0.323 e. The summed E-state index contributed by atoms with van der Waals surface area (Å²) in [4.78, 5) is 28.3. The minimum absolute atomic E-state index is 0.135. The van der Waals surface area contributed by atoms with E-state index in [4.69, 9.17) is 0 Å². The highest BCUT2D eigenvalue weighted by atomic mass is 16.2. The smallest absolute Gasteiger partial charge is 0.323 e. The Morgan fingerprint density at radius 1 is 0.853 bits per heavy atom. The number of aryl methyl sites for hydroxylation is 1. The lowest BCUT2D eigenvalue weighted by molar-refractivity contribution is 0.0940. The number of nitrogens with one attached hydrogen (secondary N) is 3. The van der Waals surface area contributed by atoms with Gasteiger partial charge in [-0.2, -0.15) is 0 Å². The van der Waals surface area contributed by atoms with Crippen molar-refractivity contribution < 1.29 is 9.59 Å². The third kappa shape index (κ3) is 5.76. The molecule has 1 unspecified atom stereocenters. The molecule has 1 fully saturated rings. The Balaban J connectivity index is 1.55. The van der Waals surface area contributed by atoms with Crippen molar-refractivity contribution in [2.45, 2.75) is 39.2 Å². The van der Waals surface area contributed by atoms with Crippen LogP contribution in [0.15, 0.2) is 72.8 Å². The van der Waals surface area contributed by atoms with E-state index in [1.165, 1.54) is 6.42 Å². The molecule has 6 nitrogen and oxygen atoms in total. The third-order valence-corrected chi connectivity index (χ3v) is 6.24. The van der Waals surface area contributed by atoms with Gasteiger partial charge in [0.05, 0.1) is 11.6 Å². The van der Waals surface area contributed by atoms with Crippen molar-refractivity contribution in [2.24, 2.45) is 0 Å². The molecule has 0 aliphatic carbocycles. The van der Waals surface area contributed by atoms with Gasteiger partial charge in [0.25, 0.3) is 5.91 Å². The maximum absolute atomic E-state index is 13.4. The molecule has 0 aromatic heterocycles. The van der Waals surface area contributed by atoms with Gasteiger partial charge in [-0.05, 0) is 68.5 Å². The fourth-order valence-corrected chi connectivity index (χ4v) is 4.30. The Labute approximate surface area is 201 Å². The lowest BCUT2D eigenvalue weighted by atomic mass is 10.0. The van der Waals surface area contributed by atoms with E-state index in [1.54, 1.807) is 6.07 Å². The van der Waals surface area contributed by atoms with Gasteiger partial charge in [0.2, 0.25) is 0 Å². The monoisotopic (exact) mass is 456 g/mol. The quantitative estimate of drug-likeness (QED) is 0.418. The summed E-state index contributed by atoms with van der Waals surface area (Å²) >= 11 is 0. The second kappa shape index (κ2) is 10.9. The van der Waals surface area contributed by atoms with Gasteiger partial charge in [-0.1, -0.05) is 48.5 Å². The summed E-state index contributed by atoms with van der Waals surface area (Å²) in [5.41, 5.74) is 4.82. The predicted molar refractivity (Wildman–Crippen MR) is 139 cm³/mol.